The normalized spacial score (nSPS) is 33.6. The predicted molar refractivity (Wildman–Crippen MR) is 28.9 cm³/mol. The highest BCUT2D eigenvalue weighted by Crippen LogP contribution is 2.41. The number of fused-ring (bicyclic) bond motifs is 1. The van der Waals surface area contributed by atoms with Crippen molar-refractivity contribution in [3.8, 4) is 0 Å². The number of rotatable bonds is 1. The maximum atomic E-state index is 2.43. The molecule has 2 heterocycles. The lowest BCUT2D eigenvalue weighted by Crippen LogP contribution is -2.03. The minimum absolute atomic E-state index is 0.875. The van der Waals surface area contributed by atoms with Crippen molar-refractivity contribution in [2.45, 2.75) is 19.4 Å². The first-order valence-electron chi connectivity index (χ1n) is 2.90. The Morgan fingerprint density at radius 3 is 2.86 bits per heavy atom. The average Bonchev–Trinajstić information content (AvgIpc) is 2.07. The Labute approximate surface area is 43.6 Å². The van der Waals surface area contributed by atoms with Crippen LogP contribution in [-0.4, -0.2) is 17.5 Å². The van der Waals surface area contributed by atoms with Crippen molar-refractivity contribution in [1.29, 1.82) is 0 Å². The van der Waals surface area contributed by atoms with E-state index in [-0.39, 0.29) is 0 Å². The minimum atomic E-state index is 0.875. The van der Waals surface area contributed by atoms with Crippen LogP contribution in [0, 0.1) is 0 Å². The summed E-state index contributed by atoms with van der Waals surface area (Å²) in [5.41, 5.74) is 1.60. The van der Waals surface area contributed by atoms with E-state index in [0.29, 0.717) is 0 Å². The van der Waals surface area contributed by atoms with E-state index in [1.807, 2.05) is 0 Å². The minimum Gasteiger partial charge on any atom is -0.361 e. The first-order chi connectivity index (χ1) is 3.43. The highest BCUT2D eigenvalue weighted by atomic mass is 15.4. The van der Waals surface area contributed by atoms with Crippen molar-refractivity contribution in [1.82, 2.24) is 4.90 Å². The van der Waals surface area contributed by atoms with Crippen LogP contribution in [-0.2, 0) is 0 Å². The highest BCUT2D eigenvalue weighted by molar-refractivity contribution is 5.35. The first-order valence-corrected chi connectivity index (χ1v) is 2.90. The second kappa shape index (κ2) is 0.857. The summed E-state index contributed by atoms with van der Waals surface area (Å²) in [4.78, 5) is 2.43. The Bertz CT molecular complexity index is 126. The molecular weight excluding hydrogens is 86.1 g/mol. The van der Waals surface area contributed by atoms with Crippen LogP contribution in [0.4, 0.5) is 0 Å². The van der Waals surface area contributed by atoms with Gasteiger partial charge in [0.05, 0.1) is 6.04 Å². The van der Waals surface area contributed by atoms with Gasteiger partial charge in [-0.2, -0.15) is 0 Å². The van der Waals surface area contributed by atoms with Gasteiger partial charge < -0.3 is 4.90 Å². The molecule has 0 aromatic carbocycles. The van der Waals surface area contributed by atoms with Crippen LogP contribution in [0.25, 0.3) is 0 Å². The maximum absolute atomic E-state index is 2.43. The molecule has 7 heavy (non-hydrogen) atoms. The van der Waals surface area contributed by atoms with Gasteiger partial charge in [-0.25, -0.2) is 0 Å². The smallest absolute Gasteiger partial charge is 0.0686 e. The Hall–Kier alpha value is -0.460. The van der Waals surface area contributed by atoms with E-state index in [4.69, 9.17) is 0 Å². The van der Waals surface area contributed by atoms with E-state index in [2.05, 4.69) is 17.9 Å². The molecule has 38 valence electrons. The van der Waals surface area contributed by atoms with Crippen LogP contribution in [0.3, 0.4) is 0 Å². The second-order valence-corrected chi connectivity index (χ2v) is 2.21. The van der Waals surface area contributed by atoms with Crippen molar-refractivity contribution in [3.05, 3.63) is 11.8 Å². The zero-order valence-corrected chi connectivity index (χ0v) is 4.52. The van der Waals surface area contributed by atoms with E-state index in [1.54, 1.807) is 5.70 Å². The monoisotopic (exact) mass is 95.1 g/mol. The molecule has 0 saturated carbocycles. The van der Waals surface area contributed by atoms with Gasteiger partial charge in [-0.1, -0.05) is 6.92 Å². The van der Waals surface area contributed by atoms with Crippen molar-refractivity contribution >= 4 is 0 Å². The topological polar surface area (TPSA) is 3.01 Å². The maximum Gasteiger partial charge on any atom is 0.0686 e. The molecule has 0 spiro atoms. The fourth-order valence-electron chi connectivity index (χ4n) is 1.30. The lowest BCUT2D eigenvalue weighted by molar-refractivity contribution is 0.541. The molecule has 1 heteroatoms. The molecule has 0 aromatic heterocycles. The van der Waals surface area contributed by atoms with Gasteiger partial charge in [-0.05, 0) is 12.5 Å². The summed E-state index contributed by atoms with van der Waals surface area (Å²) in [5, 5.41) is 0. The molecule has 0 amide bonds. The van der Waals surface area contributed by atoms with Gasteiger partial charge >= 0.3 is 0 Å². The Morgan fingerprint density at radius 1 is 2.00 bits per heavy atom. The summed E-state index contributed by atoms with van der Waals surface area (Å²) in [7, 11) is 0. The number of hydrogen-bond donors (Lipinski definition) is 0. The van der Waals surface area contributed by atoms with Crippen molar-refractivity contribution in [2.24, 2.45) is 0 Å². The quantitative estimate of drug-likeness (QED) is 0.439. The molecule has 2 aliphatic heterocycles. The lowest BCUT2D eigenvalue weighted by atomic mass is 10.3. The van der Waals surface area contributed by atoms with Crippen LogP contribution in [0.5, 0.6) is 0 Å². The van der Waals surface area contributed by atoms with Gasteiger partial charge in [0.25, 0.3) is 0 Å². The standard InChI is InChI=1S/C6H9N/c1-2-5-6-3-4-7(5)6/h3,5H,2,4H2,1H3. The summed E-state index contributed by atoms with van der Waals surface area (Å²) in [5.74, 6) is 0. The molecule has 0 N–H and O–H groups in total. The summed E-state index contributed by atoms with van der Waals surface area (Å²) >= 11 is 0. The van der Waals surface area contributed by atoms with Gasteiger partial charge in [0.1, 0.15) is 0 Å². The first kappa shape index (κ1) is 3.53. The molecule has 1 fully saturated rings. The van der Waals surface area contributed by atoms with E-state index in [0.717, 1.165) is 6.04 Å². The van der Waals surface area contributed by atoms with Crippen LogP contribution in [0.2, 0.25) is 0 Å². The van der Waals surface area contributed by atoms with E-state index < -0.39 is 0 Å². The molecule has 0 aromatic rings. The fourth-order valence-corrected chi connectivity index (χ4v) is 1.30. The fraction of sp³-hybridized carbons (Fsp3) is 0.667. The summed E-state index contributed by atoms with van der Waals surface area (Å²) in [6.07, 6.45) is 3.62. The van der Waals surface area contributed by atoms with Gasteiger partial charge in [0.2, 0.25) is 0 Å². The molecule has 0 bridgehead atoms. The molecule has 0 radical (unpaired) electrons. The van der Waals surface area contributed by atoms with Crippen LogP contribution >= 0.6 is 0 Å². The lowest BCUT2D eigenvalue weighted by Gasteiger charge is -2.00. The molecule has 1 nitrogen and oxygen atoms in total. The zero-order chi connectivity index (χ0) is 4.85. The van der Waals surface area contributed by atoms with E-state index >= 15 is 0 Å². The summed E-state index contributed by atoms with van der Waals surface area (Å²) in [6, 6.07) is 0.875. The van der Waals surface area contributed by atoms with Gasteiger partial charge in [-0.3, -0.25) is 0 Å². The molecule has 1 atom stereocenters. The Balaban J connectivity index is 2.11. The molecule has 1 unspecified atom stereocenters. The van der Waals surface area contributed by atoms with Crippen LogP contribution in [0.1, 0.15) is 13.3 Å². The molecular formula is C6H9N. The largest absolute Gasteiger partial charge is 0.361 e. The van der Waals surface area contributed by atoms with Gasteiger partial charge in [0, 0.05) is 12.2 Å². The third kappa shape index (κ3) is 0.254. The third-order valence-corrected chi connectivity index (χ3v) is 1.87. The zero-order valence-electron chi connectivity index (χ0n) is 4.52. The SMILES string of the molecule is CCC1C2=CCN21. The number of nitrogens with zero attached hydrogens (tertiary/aromatic N) is 1. The molecule has 2 aliphatic rings. The second-order valence-electron chi connectivity index (χ2n) is 2.21. The van der Waals surface area contributed by atoms with Crippen LogP contribution in [0.15, 0.2) is 11.8 Å². The van der Waals surface area contributed by atoms with Gasteiger partial charge in [0.15, 0.2) is 0 Å². The Kier molecular flexibility index (Phi) is 0.432. The predicted octanol–water partition coefficient (Wildman–Crippen LogP) is 0.978. The van der Waals surface area contributed by atoms with Crippen LogP contribution < -0.4 is 0 Å². The van der Waals surface area contributed by atoms with Crippen molar-refractivity contribution < 1.29 is 0 Å². The molecule has 2 rings (SSSR count). The highest BCUT2D eigenvalue weighted by Gasteiger charge is 2.43. The third-order valence-electron chi connectivity index (χ3n) is 1.87. The molecule has 1 saturated heterocycles. The Morgan fingerprint density at radius 2 is 2.71 bits per heavy atom. The summed E-state index contributed by atoms with van der Waals surface area (Å²) < 4.78 is 0. The van der Waals surface area contributed by atoms with Gasteiger partial charge in [-0.15, -0.1) is 0 Å². The van der Waals surface area contributed by atoms with E-state index in [1.165, 1.54) is 13.0 Å². The summed E-state index contributed by atoms with van der Waals surface area (Å²) in [6.45, 7) is 3.47. The van der Waals surface area contributed by atoms with Crippen molar-refractivity contribution in [3.63, 3.8) is 0 Å². The molecule has 0 aliphatic carbocycles. The average molecular weight is 95.1 g/mol. The number of hydrogen-bond acceptors (Lipinski definition) is 1. The van der Waals surface area contributed by atoms with E-state index in [9.17, 15) is 0 Å². The van der Waals surface area contributed by atoms with Crippen molar-refractivity contribution in [2.75, 3.05) is 6.54 Å².